The van der Waals surface area contributed by atoms with Crippen molar-refractivity contribution in [1.29, 1.82) is 0 Å². The molecule has 0 unspecified atom stereocenters. The molecule has 22 heavy (non-hydrogen) atoms. The maximum Gasteiger partial charge on any atom is 0.251 e. The van der Waals surface area contributed by atoms with Gasteiger partial charge >= 0.3 is 0 Å². The molecule has 0 saturated heterocycles. The van der Waals surface area contributed by atoms with Gasteiger partial charge in [0, 0.05) is 30.4 Å². The number of carbonyl (C=O) groups is 1. The number of rotatable bonds is 6. The van der Waals surface area contributed by atoms with E-state index in [2.05, 4.69) is 10.4 Å². The first-order valence-electron chi connectivity index (χ1n) is 7.12. The van der Waals surface area contributed by atoms with Gasteiger partial charge in [0.05, 0.1) is 19.9 Å². The molecule has 1 amide bonds. The molecule has 0 saturated carbocycles. The van der Waals surface area contributed by atoms with Crippen LogP contribution in [-0.4, -0.2) is 29.9 Å². The van der Waals surface area contributed by atoms with Crippen LogP contribution in [0.3, 0.4) is 0 Å². The van der Waals surface area contributed by atoms with E-state index in [1.807, 2.05) is 24.7 Å². The number of ether oxygens (including phenoxy) is 2. The first kappa shape index (κ1) is 15.9. The summed E-state index contributed by atoms with van der Waals surface area (Å²) in [6.07, 6.45) is 1.95. The van der Waals surface area contributed by atoms with Crippen molar-refractivity contribution in [2.24, 2.45) is 0 Å². The molecule has 1 aromatic heterocycles. The van der Waals surface area contributed by atoms with E-state index in [-0.39, 0.29) is 5.91 Å². The Bertz CT molecular complexity index is 665. The number of amides is 1. The summed E-state index contributed by atoms with van der Waals surface area (Å²) in [5, 5.41) is 7.25. The van der Waals surface area contributed by atoms with Crippen LogP contribution in [0.4, 0.5) is 0 Å². The minimum absolute atomic E-state index is 0.162. The molecule has 0 atom stereocenters. The Morgan fingerprint density at radius 1 is 1.27 bits per heavy atom. The summed E-state index contributed by atoms with van der Waals surface area (Å²) in [7, 11) is 3.10. The first-order valence-corrected chi connectivity index (χ1v) is 7.12. The summed E-state index contributed by atoms with van der Waals surface area (Å²) in [6, 6.07) is 5.09. The quantitative estimate of drug-likeness (QED) is 0.888. The zero-order chi connectivity index (χ0) is 16.1. The molecule has 6 heteroatoms. The SMILES string of the molecule is CCn1cc(CNC(=O)c2ccc(OC)c(OC)c2)c(C)n1. The van der Waals surface area contributed by atoms with Crippen molar-refractivity contribution in [3.8, 4) is 11.5 Å². The highest BCUT2D eigenvalue weighted by Crippen LogP contribution is 2.27. The van der Waals surface area contributed by atoms with E-state index >= 15 is 0 Å². The molecule has 118 valence electrons. The zero-order valence-corrected chi connectivity index (χ0v) is 13.3. The Hall–Kier alpha value is -2.50. The smallest absolute Gasteiger partial charge is 0.251 e. The standard InChI is InChI=1S/C16H21N3O3/c1-5-19-10-13(11(2)18-19)9-17-16(20)12-6-7-14(21-3)15(8-12)22-4/h6-8,10H,5,9H2,1-4H3,(H,17,20). The predicted octanol–water partition coefficient (Wildman–Crippen LogP) is 2.16. The second-order valence-electron chi connectivity index (χ2n) is 4.85. The normalized spacial score (nSPS) is 10.4. The number of hydrogen-bond acceptors (Lipinski definition) is 4. The van der Waals surface area contributed by atoms with Crippen molar-refractivity contribution in [3.05, 3.63) is 41.2 Å². The Labute approximate surface area is 130 Å². The summed E-state index contributed by atoms with van der Waals surface area (Å²) in [4.78, 5) is 12.2. The van der Waals surface area contributed by atoms with Crippen LogP contribution in [0.15, 0.2) is 24.4 Å². The lowest BCUT2D eigenvalue weighted by Gasteiger charge is -2.09. The molecule has 0 radical (unpaired) electrons. The molecular weight excluding hydrogens is 282 g/mol. The average molecular weight is 303 g/mol. The molecular formula is C16H21N3O3. The molecule has 6 nitrogen and oxygen atoms in total. The number of hydrogen-bond donors (Lipinski definition) is 1. The summed E-state index contributed by atoms with van der Waals surface area (Å²) in [5.41, 5.74) is 2.46. The lowest BCUT2D eigenvalue weighted by atomic mass is 10.2. The Morgan fingerprint density at radius 3 is 2.59 bits per heavy atom. The van der Waals surface area contributed by atoms with E-state index in [0.29, 0.717) is 23.6 Å². The maximum atomic E-state index is 12.2. The summed E-state index contributed by atoms with van der Waals surface area (Å²) < 4.78 is 12.2. The molecule has 0 aliphatic heterocycles. The Morgan fingerprint density at radius 2 is 2.00 bits per heavy atom. The van der Waals surface area contributed by atoms with Gasteiger partial charge in [0.15, 0.2) is 11.5 Å². The van der Waals surface area contributed by atoms with E-state index in [1.54, 1.807) is 32.4 Å². The van der Waals surface area contributed by atoms with Gasteiger partial charge in [-0.1, -0.05) is 0 Å². The van der Waals surface area contributed by atoms with E-state index in [1.165, 1.54) is 0 Å². The van der Waals surface area contributed by atoms with Crippen LogP contribution in [0.5, 0.6) is 11.5 Å². The van der Waals surface area contributed by atoms with Crippen LogP contribution in [0.25, 0.3) is 0 Å². The predicted molar refractivity (Wildman–Crippen MR) is 83.4 cm³/mol. The van der Waals surface area contributed by atoms with Crippen molar-refractivity contribution in [2.45, 2.75) is 26.9 Å². The number of methoxy groups -OCH3 is 2. The molecule has 0 bridgehead atoms. The van der Waals surface area contributed by atoms with Crippen molar-refractivity contribution in [3.63, 3.8) is 0 Å². The summed E-state index contributed by atoms with van der Waals surface area (Å²) >= 11 is 0. The van der Waals surface area contributed by atoms with Crippen molar-refractivity contribution in [2.75, 3.05) is 14.2 Å². The van der Waals surface area contributed by atoms with Gasteiger partial charge in [-0.05, 0) is 32.0 Å². The van der Waals surface area contributed by atoms with Gasteiger partial charge in [-0.2, -0.15) is 5.10 Å². The van der Waals surface area contributed by atoms with Gasteiger partial charge in [0.2, 0.25) is 0 Å². The topological polar surface area (TPSA) is 65.4 Å². The lowest BCUT2D eigenvalue weighted by Crippen LogP contribution is -2.23. The monoisotopic (exact) mass is 303 g/mol. The van der Waals surface area contributed by atoms with E-state index in [0.717, 1.165) is 17.8 Å². The van der Waals surface area contributed by atoms with Crippen LogP contribution in [0, 0.1) is 6.92 Å². The molecule has 2 rings (SSSR count). The van der Waals surface area contributed by atoms with E-state index < -0.39 is 0 Å². The lowest BCUT2D eigenvalue weighted by molar-refractivity contribution is 0.0950. The fourth-order valence-electron chi connectivity index (χ4n) is 2.15. The molecule has 1 N–H and O–H groups in total. The number of nitrogens with one attached hydrogen (secondary N) is 1. The fraction of sp³-hybridized carbons (Fsp3) is 0.375. The van der Waals surface area contributed by atoms with Gasteiger partial charge in [-0.15, -0.1) is 0 Å². The van der Waals surface area contributed by atoms with Gasteiger partial charge < -0.3 is 14.8 Å². The van der Waals surface area contributed by atoms with Gasteiger partial charge in [-0.25, -0.2) is 0 Å². The van der Waals surface area contributed by atoms with Crippen LogP contribution < -0.4 is 14.8 Å². The summed E-state index contributed by atoms with van der Waals surface area (Å²) in [5.74, 6) is 0.967. The third-order valence-corrected chi connectivity index (χ3v) is 3.46. The Kier molecular flexibility index (Phi) is 5.04. The second kappa shape index (κ2) is 6.98. The van der Waals surface area contributed by atoms with Gasteiger partial charge in [-0.3, -0.25) is 9.48 Å². The maximum absolute atomic E-state index is 12.2. The molecule has 0 fully saturated rings. The largest absolute Gasteiger partial charge is 0.493 e. The van der Waals surface area contributed by atoms with Gasteiger partial charge in [0.25, 0.3) is 5.91 Å². The highest BCUT2D eigenvalue weighted by Gasteiger charge is 2.11. The van der Waals surface area contributed by atoms with E-state index in [4.69, 9.17) is 9.47 Å². The molecule has 1 heterocycles. The number of aryl methyl sites for hydroxylation is 2. The van der Waals surface area contributed by atoms with Crippen molar-refractivity contribution >= 4 is 5.91 Å². The molecule has 0 aliphatic rings. The second-order valence-corrected chi connectivity index (χ2v) is 4.85. The molecule has 0 aliphatic carbocycles. The van der Waals surface area contributed by atoms with Crippen LogP contribution >= 0.6 is 0 Å². The fourth-order valence-corrected chi connectivity index (χ4v) is 2.15. The highest BCUT2D eigenvalue weighted by molar-refractivity contribution is 5.94. The number of carbonyl (C=O) groups excluding carboxylic acids is 1. The van der Waals surface area contributed by atoms with Gasteiger partial charge in [0.1, 0.15) is 0 Å². The van der Waals surface area contributed by atoms with Crippen LogP contribution in [-0.2, 0) is 13.1 Å². The highest BCUT2D eigenvalue weighted by atomic mass is 16.5. The zero-order valence-electron chi connectivity index (χ0n) is 13.3. The van der Waals surface area contributed by atoms with Crippen molar-refractivity contribution in [1.82, 2.24) is 15.1 Å². The molecule has 2 aromatic rings. The number of aromatic nitrogens is 2. The molecule has 1 aromatic carbocycles. The summed E-state index contributed by atoms with van der Waals surface area (Å²) in [6.45, 7) is 5.21. The van der Waals surface area contributed by atoms with Crippen LogP contribution in [0.1, 0.15) is 28.5 Å². The third kappa shape index (κ3) is 3.39. The average Bonchev–Trinajstić information content (AvgIpc) is 2.92. The van der Waals surface area contributed by atoms with Crippen LogP contribution in [0.2, 0.25) is 0 Å². The number of nitrogens with zero attached hydrogens (tertiary/aromatic N) is 2. The first-order chi connectivity index (χ1) is 10.6. The van der Waals surface area contributed by atoms with E-state index in [9.17, 15) is 4.79 Å². The Balaban J connectivity index is 2.07. The minimum atomic E-state index is -0.162. The molecule has 0 spiro atoms. The minimum Gasteiger partial charge on any atom is -0.493 e. The van der Waals surface area contributed by atoms with Crippen molar-refractivity contribution < 1.29 is 14.3 Å². The third-order valence-electron chi connectivity index (χ3n) is 3.46. The number of benzene rings is 1.